The molecule has 692 valence electrons. The van der Waals surface area contributed by atoms with Crippen molar-refractivity contribution >= 4 is 93.4 Å². The van der Waals surface area contributed by atoms with Crippen LogP contribution in [0.5, 0.6) is 5.75 Å². The van der Waals surface area contributed by atoms with E-state index < -0.39 is 84.6 Å². The van der Waals surface area contributed by atoms with Crippen LogP contribution in [0.3, 0.4) is 0 Å². The van der Waals surface area contributed by atoms with Crippen molar-refractivity contribution in [3.05, 3.63) is 142 Å². The summed E-state index contributed by atoms with van der Waals surface area (Å²) in [6.45, 7) is 9.72. The largest absolute Gasteiger partial charge is 0.508 e. The van der Waals surface area contributed by atoms with Gasteiger partial charge in [0.15, 0.2) is 10.5 Å². The summed E-state index contributed by atoms with van der Waals surface area (Å²) in [6, 6.07) is 25.7. The van der Waals surface area contributed by atoms with E-state index in [1.807, 2.05) is 66.0 Å². The molecule has 4 aromatic rings. The molecule has 4 aromatic carbocycles. The predicted octanol–water partition coefficient (Wildman–Crippen LogP) is 4.84. The van der Waals surface area contributed by atoms with Crippen molar-refractivity contribution in [3.63, 3.8) is 0 Å². The number of amides is 7. The Kier molecular flexibility index (Phi) is 52.0. The zero-order valence-corrected chi connectivity index (χ0v) is 71.5. The Balaban J connectivity index is 0.660. The van der Waals surface area contributed by atoms with Crippen molar-refractivity contribution in [2.75, 3.05) is 190 Å². The highest BCUT2D eigenvalue weighted by Crippen LogP contribution is 2.42. The minimum Gasteiger partial charge on any atom is -0.508 e. The van der Waals surface area contributed by atoms with Crippen LogP contribution in [0.25, 0.3) is 33.4 Å². The molecule has 0 spiro atoms. The number of urea groups is 1. The first-order chi connectivity index (χ1) is 61.1. The smallest absolute Gasteiger partial charge is 0.336 e. The number of rotatable bonds is 71. The van der Waals surface area contributed by atoms with Gasteiger partial charge in [0.25, 0.3) is 0 Å². The Morgan fingerprint density at radius 2 is 0.833 bits per heavy atom. The van der Waals surface area contributed by atoms with Crippen molar-refractivity contribution < 1.29 is 135 Å². The van der Waals surface area contributed by atoms with Gasteiger partial charge < -0.3 is 135 Å². The van der Waals surface area contributed by atoms with Crippen LogP contribution in [-0.4, -0.2) is 299 Å². The molecule has 6 rings (SSSR count). The van der Waals surface area contributed by atoms with Crippen molar-refractivity contribution in [2.24, 2.45) is 0 Å². The van der Waals surface area contributed by atoms with E-state index in [4.69, 9.17) is 78.6 Å². The van der Waals surface area contributed by atoms with Crippen molar-refractivity contribution in [3.8, 4) is 28.2 Å². The van der Waals surface area contributed by atoms with Gasteiger partial charge in [-0.05, 0) is 91.0 Å². The van der Waals surface area contributed by atoms with Crippen molar-refractivity contribution in [1.29, 1.82) is 0 Å². The fraction of sp³-hybridized carbons (Fsp3) is 0.517. The molecule has 7 amide bonds. The molecule has 0 bridgehead atoms. The third kappa shape index (κ3) is 44.8. The van der Waals surface area contributed by atoms with Gasteiger partial charge in [-0.15, -0.1) is 0 Å². The summed E-state index contributed by atoms with van der Waals surface area (Å²) < 4.78 is 72.7. The third-order valence-corrected chi connectivity index (χ3v) is 18.8. The van der Waals surface area contributed by atoms with Crippen LogP contribution in [-0.2, 0) is 108 Å². The Morgan fingerprint density at radius 1 is 0.381 bits per heavy atom. The van der Waals surface area contributed by atoms with E-state index in [1.165, 1.54) is 30.3 Å². The van der Waals surface area contributed by atoms with Gasteiger partial charge in [0.2, 0.25) is 29.5 Å². The van der Waals surface area contributed by atoms with E-state index in [9.17, 15) is 73.2 Å². The maximum Gasteiger partial charge on any atom is 0.336 e. The average molecular weight is 1790 g/mol. The lowest BCUT2D eigenvalue weighted by Crippen LogP contribution is -2.55. The van der Waals surface area contributed by atoms with Crippen LogP contribution in [0.1, 0.15) is 92.1 Å². The molecule has 1 aliphatic carbocycles. The summed E-state index contributed by atoms with van der Waals surface area (Å²) in [5, 5.41) is 73.0. The van der Waals surface area contributed by atoms with E-state index in [0.29, 0.717) is 205 Å². The van der Waals surface area contributed by atoms with Gasteiger partial charge in [0, 0.05) is 99.0 Å². The molecular formula is C87H119N9O29S. The van der Waals surface area contributed by atoms with Gasteiger partial charge in [-0.3, -0.25) is 33.6 Å². The molecule has 38 nitrogen and oxygen atoms in total. The third-order valence-electron chi connectivity index (χ3n) is 18.6. The molecule has 1 heterocycles. The second kappa shape index (κ2) is 63.1. The number of thiocarbonyl (C=S) groups is 1. The number of carbonyl (C=O) groups excluding carboxylic acids is 6. The molecular weight excluding hydrogens is 1670 g/mol. The van der Waals surface area contributed by atoms with E-state index in [-0.39, 0.29) is 116 Å². The summed E-state index contributed by atoms with van der Waals surface area (Å²) in [7, 11) is 0. The standard InChI is InChI=1S/C87H119N9O29S/c97-64-18-21-67-74(59-64)125-75-60-65(98)19-22-68(75)80(67)66-20-17-63(58-69(66)83(106)107)92-87(126)91-30-29-89-77(100)27-32-113-34-36-115-38-40-117-42-44-119-46-48-121-50-52-123-54-55-124-53-51-122-49-47-120-45-43-118-41-39-116-37-35-114-33-31-90-81(104)72(56-61-12-6-4-7-13-61)94-82(105)73(57-62-14-8-5-9-15-62)93-78(101)16-10-2-1-3-11-28-88-76(99)25-23-70(84(108)109)95-86(112)96-71(85(110)111)24-26-79(102)103/h4-9,12-15,17-22,58-60,70-73,97H,1-3,10-11,16,23-57H2,(H,88,99)(H,89,100)(H,90,104)(H,93,101)(H,94,105)(H,102,103)(H,106,107)(H,108,109)(H,110,111)(H2,91,92,126)(H2,95,96,112)/t70-,71-,72?,73?/m0/s1. The number of aromatic carboxylic acids is 1. The van der Waals surface area contributed by atoms with Gasteiger partial charge in [0.05, 0.1) is 164 Å². The number of nitrogens with one attached hydrogen (secondary N) is 9. The number of carbonyl (C=O) groups is 10. The highest BCUT2D eigenvalue weighted by molar-refractivity contribution is 7.80. The monoisotopic (exact) mass is 1790 g/mol. The number of anilines is 1. The molecule has 0 aromatic heterocycles. The maximum atomic E-state index is 14.1. The first-order valence-electron chi connectivity index (χ1n) is 41.9. The molecule has 39 heteroatoms. The fourth-order valence-electron chi connectivity index (χ4n) is 12.2. The summed E-state index contributed by atoms with van der Waals surface area (Å²) in [4.78, 5) is 137. The first kappa shape index (κ1) is 104. The lowest BCUT2D eigenvalue weighted by molar-refractivity contribution is -0.141. The Hall–Kier alpha value is -10.9. The lowest BCUT2D eigenvalue weighted by atomic mass is 9.90. The number of unbranched alkanes of at least 4 members (excludes halogenated alkanes) is 4. The highest BCUT2D eigenvalue weighted by Gasteiger charge is 2.30. The minimum absolute atomic E-state index is 0.0394. The number of aliphatic carboxylic acids is 3. The average Bonchev–Trinajstić information content (AvgIpc) is 0.747. The van der Waals surface area contributed by atoms with Gasteiger partial charge in [-0.25, -0.2) is 19.2 Å². The van der Waals surface area contributed by atoms with Gasteiger partial charge in [0.1, 0.15) is 41.3 Å². The first-order valence-corrected chi connectivity index (χ1v) is 42.3. The van der Waals surface area contributed by atoms with Crippen molar-refractivity contribution in [2.45, 2.75) is 108 Å². The van der Waals surface area contributed by atoms with Crippen LogP contribution in [0.2, 0.25) is 0 Å². The molecule has 0 saturated carbocycles. The normalized spacial score (nSPS) is 12.2. The van der Waals surface area contributed by atoms with E-state index in [2.05, 4.69) is 42.5 Å². The summed E-state index contributed by atoms with van der Waals surface area (Å²) in [6.07, 6.45) is 2.34. The number of hydrogen-bond acceptors (Lipinski definition) is 26. The molecule has 126 heavy (non-hydrogen) atoms. The zero-order chi connectivity index (χ0) is 90.6. The number of phenolic OH excluding ortho intramolecular Hbond substituents is 1. The Labute approximate surface area is 735 Å². The molecule has 14 N–H and O–H groups in total. The number of carboxylic acid groups (broad SMARTS) is 4. The number of benzene rings is 5. The number of hydrogen-bond donors (Lipinski definition) is 14. The maximum absolute atomic E-state index is 14.1. The second-order valence-electron chi connectivity index (χ2n) is 28.3. The van der Waals surface area contributed by atoms with Crippen LogP contribution in [0.15, 0.2) is 124 Å². The van der Waals surface area contributed by atoms with Crippen LogP contribution in [0.4, 0.5) is 10.5 Å². The van der Waals surface area contributed by atoms with Crippen LogP contribution >= 0.6 is 12.2 Å². The molecule has 2 aliphatic rings. The van der Waals surface area contributed by atoms with Gasteiger partial charge >= 0.3 is 29.9 Å². The minimum atomic E-state index is -1.57. The Bertz CT molecular complexity index is 4290. The summed E-state index contributed by atoms with van der Waals surface area (Å²) in [5.74, 6) is -7.21. The topological polar surface area (TPSA) is 521 Å². The predicted molar refractivity (Wildman–Crippen MR) is 463 cm³/mol. The lowest BCUT2D eigenvalue weighted by Gasteiger charge is -2.23. The van der Waals surface area contributed by atoms with Gasteiger partial charge in [-0.2, -0.15) is 0 Å². The number of fused-ring (bicyclic) bond motifs is 2. The number of ether oxygens (including phenoxy) is 12. The molecule has 2 unspecified atom stereocenters. The number of aromatic hydroxyl groups is 1. The summed E-state index contributed by atoms with van der Waals surface area (Å²) in [5.41, 5.74) is 3.36. The van der Waals surface area contributed by atoms with E-state index >= 15 is 0 Å². The van der Waals surface area contributed by atoms with Crippen molar-refractivity contribution in [1.82, 2.24) is 42.5 Å². The Morgan fingerprint density at radius 3 is 1.34 bits per heavy atom. The SMILES string of the molecule is O=C(O)CC[C@H](NC(=O)N[C@@H](CCC(=O)NCCCCCCCC(=O)NC(Cc1ccccc1)C(=O)NC(Cc1ccccc1)C(=O)NCCOCCOCCOCCOCCOCCOCCOCCOCCOCCOCCOCCOCCC(=O)NCCNC(=S)Nc1ccc(-c2c3ccc(=O)cc-3oc3cc(O)ccc23)c(C(=O)O)c1)C(=O)O)C(=O)O. The fourth-order valence-corrected chi connectivity index (χ4v) is 12.4. The summed E-state index contributed by atoms with van der Waals surface area (Å²) >= 11 is 5.42. The molecule has 0 saturated heterocycles. The van der Waals surface area contributed by atoms with Gasteiger partial charge in [-0.1, -0.05) is 86.0 Å². The van der Waals surface area contributed by atoms with Crippen LogP contribution in [0, 0.1) is 0 Å². The quantitative estimate of drug-likeness (QED) is 0.0138. The van der Waals surface area contributed by atoms with E-state index in [1.54, 1.807) is 24.3 Å². The van der Waals surface area contributed by atoms with Crippen LogP contribution < -0.4 is 53.3 Å². The second-order valence-corrected chi connectivity index (χ2v) is 28.7. The number of carboxylic acids is 4. The molecule has 0 fully saturated rings. The molecule has 1 aliphatic heterocycles. The molecule has 4 atom stereocenters. The van der Waals surface area contributed by atoms with E-state index in [0.717, 1.165) is 17.5 Å². The molecule has 0 radical (unpaired) electrons. The number of phenols is 1. The highest BCUT2D eigenvalue weighted by atomic mass is 32.1. The zero-order valence-electron chi connectivity index (χ0n) is 70.7.